The molecule has 2 heterocycles. The number of carbonyl (C=O) groups excluding carboxylic acids is 1. The molecule has 184 valence electrons. The summed E-state index contributed by atoms with van der Waals surface area (Å²) in [6.07, 6.45) is 2.63. The molecule has 0 spiro atoms. The summed E-state index contributed by atoms with van der Waals surface area (Å²) in [6, 6.07) is 8.51. The first-order chi connectivity index (χ1) is 16.6. The number of fused-ring (bicyclic) bond motifs is 2. The SMILES string of the molecule is CC(=O)O.COC(=O)c1ccc2c(c1)c(-c1nc3cc(Cl)c(Cl)cc3n(C)c1=O)cn2CCCN. The fraction of sp³-hybridized carbons (Fsp3) is 0.250. The Kier molecular flexibility index (Phi) is 8.16. The van der Waals surface area contributed by atoms with Crippen LogP contribution in [0.4, 0.5) is 0 Å². The van der Waals surface area contributed by atoms with Crippen LogP contribution in [0.3, 0.4) is 0 Å². The molecule has 0 fully saturated rings. The second kappa shape index (κ2) is 10.9. The van der Waals surface area contributed by atoms with Gasteiger partial charge in [-0.2, -0.15) is 0 Å². The van der Waals surface area contributed by atoms with Crippen molar-refractivity contribution in [2.24, 2.45) is 12.8 Å². The number of carbonyl (C=O) groups is 2. The highest BCUT2D eigenvalue weighted by Gasteiger charge is 2.19. The minimum atomic E-state index is -0.833. The number of hydrogen-bond donors (Lipinski definition) is 2. The molecule has 4 aromatic rings. The van der Waals surface area contributed by atoms with E-state index in [1.54, 1.807) is 31.3 Å². The van der Waals surface area contributed by atoms with E-state index in [0.717, 1.165) is 24.2 Å². The minimum absolute atomic E-state index is 0.256. The van der Waals surface area contributed by atoms with E-state index in [1.807, 2.05) is 16.8 Å². The average Bonchev–Trinajstić information content (AvgIpc) is 3.18. The summed E-state index contributed by atoms with van der Waals surface area (Å²) in [4.78, 5) is 38.9. The van der Waals surface area contributed by atoms with Gasteiger partial charge in [-0.3, -0.25) is 9.59 Å². The van der Waals surface area contributed by atoms with E-state index < -0.39 is 11.9 Å². The van der Waals surface area contributed by atoms with Gasteiger partial charge >= 0.3 is 5.97 Å². The first-order valence-corrected chi connectivity index (χ1v) is 11.3. The number of aryl methyl sites for hydroxylation is 2. The quantitative estimate of drug-likeness (QED) is 0.380. The van der Waals surface area contributed by atoms with Crippen molar-refractivity contribution >= 4 is 57.1 Å². The van der Waals surface area contributed by atoms with Gasteiger partial charge in [0.05, 0.1) is 33.8 Å². The molecular weight excluding hydrogens is 495 g/mol. The standard InChI is InChI=1S/C22H20Cl2N4O3.C2H4O2/c1-27-19-10-16(24)15(23)9-17(19)26-20(21(27)29)14-11-28(7-3-6-25)18-5-4-12(8-13(14)18)22(30)31-2;1-2(3)4/h4-5,8-11H,3,6-7,25H2,1-2H3;1H3,(H,3,4). The van der Waals surface area contributed by atoms with Crippen LogP contribution in [0.5, 0.6) is 0 Å². The van der Waals surface area contributed by atoms with E-state index in [0.29, 0.717) is 45.3 Å². The number of hydrogen-bond acceptors (Lipinski definition) is 6. The van der Waals surface area contributed by atoms with Crippen LogP contribution in [-0.4, -0.2) is 44.8 Å². The number of halogens is 2. The van der Waals surface area contributed by atoms with Gasteiger partial charge in [0, 0.05) is 43.2 Å². The highest BCUT2D eigenvalue weighted by atomic mass is 35.5. The number of carboxylic acid groups (broad SMARTS) is 1. The lowest BCUT2D eigenvalue weighted by Crippen LogP contribution is -2.20. The van der Waals surface area contributed by atoms with Gasteiger partial charge in [0.25, 0.3) is 11.5 Å². The molecule has 0 bridgehead atoms. The van der Waals surface area contributed by atoms with E-state index >= 15 is 0 Å². The maximum Gasteiger partial charge on any atom is 0.337 e. The fourth-order valence-electron chi connectivity index (χ4n) is 3.67. The van der Waals surface area contributed by atoms with Crippen molar-refractivity contribution in [1.29, 1.82) is 0 Å². The van der Waals surface area contributed by atoms with Gasteiger partial charge in [-0.25, -0.2) is 9.78 Å². The van der Waals surface area contributed by atoms with Gasteiger partial charge in [0.2, 0.25) is 0 Å². The summed E-state index contributed by atoms with van der Waals surface area (Å²) < 4.78 is 8.36. The predicted molar refractivity (Wildman–Crippen MR) is 136 cm³/mol. The minimum Gasteiger partial charge on any atom is -0.481 e. The molecule has 0 saturated heterocycles. The molecule has 4 rings (SSSR count). The zero-order chi connectivity index (χ0) is 25.9. The third-order valence-electron chi connectivity index (χ3n) is 5.28. The number of esters is 1. The molecule has 9 nitrogen and oxygen atoms in total. The lowest BCUT2D eigenvalue weighted by Gasteiger charge is -2.09. The largest absolute Gasteiger partial charge is 0.481 e. The Hall–Kier alpha value is -3.40. The number of carboxylic acids is 1. The summed E-state index contributed by atoms with van der Waals surface area (Å²) in [5.74, 6) is -1.29. The van der Waals surface area contributed by atoms with Gasteiger partial charge in [-0.1, -0.05) is 23.2 Å². The van der Waals surface area contributed by atoms with Crippen LogP contribution in [0, 0.1) is 0 Å². The van der Waals surface area contributed by atoms with Crippen molar-refractivity contribution in [3.05, 3.63) is 62.5 Å². The van der Waals surface area contributed by atoms with Gasteiger partial charge in [-0.15, -0.1) is 0 Å². The number of rotatable bonds is 5. The Morgan fingerprint density at radius 2 is 1.80 bits per heavy atom. The highest BCUT2D eigenvalue weighted by molar-refractivity contribution is 6.42. The van der Waals surface area contributed by atoms with Crippen LogP contribution in [0.25, 0.3) is 33.2 Å². The summed E-state index contributed by atoms with van der Waals surface area (Å²) in [7, 11) is 2.99. The van der Waals surface area contributed by atoms with Crippen molar-refractivity contribution in [3.63, 3.8) is 0 Å². The van der Waals surface area contributed by atoms with Gasteiger partial charge in [-0.05, 0) is 43.3 Å². The lowest BCUT2D eigenvalue weighted by atomic mass is 10.1. The summed E-state index contributed by atoms with van der Waals surface area (Å²) in [6.45, 7) is 2.28. The highest BCUT2D eigenvalue weighted by Crippen LogP contribution is 2.32. The zero-order valence-electron chi connectivity index (χ0n) is 19.3. The monoisotopic (exact) mass is 518 g/mol. The number of ether oxygens (including phenoxy) is 1. The molecule has 0 saturated carbocycles. The smallest absolute Gasteiger partial charge is 0.337 e. The zero-order valence-corrected chi connectivity index (χ0v) is 20.9. The van der Waals surface area contributed by atoms with Crippen molar-refractivity contribution < 1.29 is 19.4 Å². The second-order valence-electron chi connectivity index (χ2n) is 7.70. The van der Waals surface area contributed by atoms with Crippen LogP contribution in [0.15, 0.2) is 41.3 Å². The van der Waals surface area contributed by atoms with Crippen LogP contribution >= 0.6 is 23.2 Å². The Morgan fingerprint density at radius 3 is 2.43 bits per heavy atom. The maximum atomic E-state index is 13.2. The molecule has 3 N–H and O–H groups in total. The number of benzene rings is 2. The molecule has 2 aromatic heterocycles. The number of nitrogens with two attached hydrogens (primary N) is 1. The van der Waals surface area contributed by atoms with Crippen molar-refractivity contribution in [2.45, 2.75) is 19.9 Å². The first kappa shape index (κ1) is 26.2. The molecule has 35 heavy (non-hydrogen) atoms. The average molecular weight is 519 g/mol. The third kappa shape index (κ3) is 5.48. The van der Waals surface area contributed by atoms with E-state index in [9.17, 15) is 9.59 Å². The number of aliphatic carboxylic acids is 1. The van der Waals surface area contributed by atoms with Crippen molar-refractivity contribution in [1.82, 2.24) is 14.1 Å². The first-order valence-electron chi connectivity index (χ1n) is 10.6. The fourth-order valence-corrected chi connectivity index (χ4v) is 3.99. The molecule has 0 radical (unpaired) electrons. The van der Waals surface area contributed by atoms with Gasteiger partial charge < -0.3 is 24.7 Å². The van der Waals surface area contributed by atoms with Crippen LogP contribution in [-0.2, 0) is 23.1 Å². The molecular formula is C24H24Cl2N4O5. The molecule has 11 heteroatoms. The molecule has 0 unspecified atom stereocenters. The second-order valence-corrected chi connectivity index (χ2v) is 8.51. The Morgan fingerprint density at radius 1 is 1.14 bits per heavy atom. The summed E-state index contributed by atoms with van der Waals surface area (Å²) >= 11 is 12.3. The molecule has 0 aliphatic heterocycles. The predicted octanol–water partition coefficient (Wildman–Crippen LogP) is 4.09. The normalized spacial score (nSPS) is 10.8. The number of aromatic nitrogens is 3. The Balaban J connectivity index is 0.000000795. The topological polar surface area (TPSA) is 129 Å². The number of methoxy groups -OCH3 is 1. The van der Waals surface area contributed by atoms with Crippen molar-refractivity contribution in [2.75, 3.05) is 13.7 Å². The summed E-state index contributed by atoms with van der Waals surface area (Å²) in [5, 5.41) is 8.84. The lowest BCUT2D eigenvalue weighted by molar-refractivity contribution is -0.134. The summed E-state index contributed by atoms with van der Waals surface area (Å²) in [5.41, 5.74) is 8.65. The number of nitrogens with zero attached hydrogens (tertiary/aromatic N) is 3. The van der Waals surface area contributed by atoms with Crippen LogP contribution in [0.2, 0.25) is 10.0 Å². The van der Waals surface area contributed by atoms with Crippen molar-refractivity contribution in [3.8, 4) is 11.3 Å². The Bertz CT molecular complexity index is 1490. The van der Waals surface area contributed by atoms with E-state index in [2.05, 4.69) is 4.98 Å². The molecule has 0 amide bonds. The van der Waals surface area contributed by atoms with E-state index in [-0.39, 0.29) is 11.3 Å². The van der Waals surface area contributed by atoms with Crippen LogP contribution in [0.1, 0.15) is 23.7 Å². The molecule has 0 aliphatic rings. The molecule has 0 atom stereocenters. The van der Waals surface area contributed by atoms with E-state index in [1.165, 1.54) is 11.7 Å². The van der Waals surface area contributed by atoms with Gasteiger partial charge in [0.15, 0.2) is 0 Å². The van der Waals surface area contributed by atoms with Gasteiger partial charge in [0.1, 0.15) is 5.69 Å². The molecule has 0 aliphatic carbocycles. The molecule has 2 aromatic carbocycles. The maximum absolute atomic E-state index is 13.2. The third-order valence-corrected chi connectivity index (χ3v) is 6.00. The van der Waals surface area contributed by atoms with Crippen LogP contribution < -0.4 is 11.3 Å². The Labute approximate surface area is 210 Å². The van der Waals surface area contributed by atoms with E-state index in [4.69, 9.17) is 43.6 Å².